The van der Waals surface area contributed by atoms with Gasteiger partial charge in [0.05, 0.1) is 15.6 Å². The Kier molecular flexibility index (Phi) is 7.02. The summed E-state index contributed by atoms with van der Waals surface area (Å²) in [6, 6.07) is 9.37. The minimum atomic E-state index is -3.91. The molecule has 1 aliphatic carbocycles. The Hall–Kier alpha value is -2.13. The molecule has 160 valence electrons. The van der Waals surface area contributed by atoms with E-state index in [0.717, 1.165) is 30.9 Å². The maximum absolute atomic E-state index is 12.5. The summed E-state index contributed by atoms with van der Waals surface area (Å²) in [6.07, 6.45) is 2.22. The molecule has 2 aromatic carbocycles. The largest absolute Gasteiger partial charge is 0.452 e. The number of hydrogen-bond donors (Lipinski definition) is 2. The minimum Gasteiger partial charge on any atom is -0.452 e. The summed E-state index contributed by atoms with van der Waals surface area (Å²) in [5, 5.41) is 2.49. The Bertz CT molecular complexity index is 1080. The summed E-state index contributed by atoms with van der Waals surface area (Å²) >= 11 is 12.1. The second-order valence-electron chi connectivity index (χ2n) is 6.79. The average Bonchev–Trinajstić information content (AvgIpc) is 3.49. The molecule has 0 radical (unpaired) electrons. The van der Waals surface area contributed by atoms with Crippen LogP contribution in [0.3, 0.4) is 0 Å². The number of esters is 1. The van der Waals surface area contributed by atoms with Crippen molar-refractivity contribution in [2.24, 2.45) is 0 Å². The van der Waals surface area contributed by atoms with Crippen LogP contribution in [-0.2, 0) is 26.0 Å². The number of halogens is 2. The molecule has 10 heteroatoms. The zero-order valence-electron chi connectivity index (χ0n) is 16.1. The molecule has 7 nitrogen and oxygen atoms in total. The zero-order valence-corrected chi connectivity index (χ0v) is 18.4. The van der Waals surface area contributed by atoms with Crippen LogP contribution in [0.5, 0.6) is 0 Å². The van der Waals surface area contributed by atoms with Crippen LogP contribution < -0.4 is 10.0 Å². The van der Waals surface area contributed by atoms with Crippen molar-refractivity contribution in [1.29, 1.82) is 0 Å². The SMILES string of the molecule is CCc1ccccc1NC(=O)COC(=O)c1cc(S(=O)(=O)NC2CC2)c(Cl)cc1Cl. The molecule has 0 aliphatic heterocycles. The normalized spacial score (nSPS) is 13.7. The molecule has 0 aromatic heterocycles. The van der Waals surface area contributed by atoms with E-state index in [9.17, 15) is 18.0 Å². The molecule has 0 bridgehead atoms. The van der Waals surface area contributed by atoms with Crippen LogP contribution in [0.4, 0.5) is 5.69 Å². The van der Waals surface area contributed by atoms with E-state index >= 15 is 0 Å². The van der Waals surface area contributed by atoms with Crippen molar-refractivity contribution in [3.8, 4) is 0 Å². The first-order chi connectivity index (χ1) is 14.2. The molecule has 1 fully saturated rings. The van der Waals surface area contributed by atoms with Gasteiger partial charge in [0.15, 0.2) is 6.61 Å². The molecule has 2 aromatic rings. The number of nitrogens with one attached hydrogen (secondary N) is 2. The average molecular weight is 471 g/mol. The topological polar surface area (TPSA) is 102 Å². The molecular formula is C20H20Cl2N2O5S. The fraction of sp³-hybridized carbons (Fsp3) is 0.300. The third-order valence-corrected chi connectivity index (χ3v) is 6.73. The van der Waals surface area contributed by atoms with Gasteiger partial charge in [-0.3, -0.25) is 4.79 Å². The third kappa shape index (κ3) is 5.51. The lowest BCUT2D eigenvalue weighted by Gasteiger charge is -2.12. The maximum atomic E-state index is 12.5. The molecule has 3 rings (SSSR count). The summed E-state index contributed by atoms with van der Waals surface area (Å²) < 4.78 is 32.4. The Morgan fingerprint density at radius 2 is 1.83 bits per heavy atom. The third-order valence-electron chi connectivity index (χ3n) is 4.44. The van der Waals surface area contributed by atoms with E-state index in [-0.39, 0.29) is 26.5 Å². The smallest absolute Gasteiger partial charge is 0.340 e. The number of carbonyl (C=O) groups excluding carboxylic acids is 2. The Morgan fingerprint density at radius 3 is 2.50 bits per heavy atom. The van der Waals surface area contributed by atoms with E-state index < -0.39 is 28.5 Å². The number of rotatable bonds is 8. The molecule has 30 heavy (non-hydrogen) atoms. The summed E-state index contributed by atoms with van der Waals surface area (Å²) in [6.45, 7) is 1.40. The van der Waals surface area contributed by atoms with Gasteiger partial charge in [0, 0.05) is 11.7 Å². The van der Waals surface area contributed by atoms with E-state index in [1.54, 1.807) is 12.1 Å². The molecular weight excluding hydrogens is 451 g/mol. The van der Waals surface area contributed by atoms with Gasteiger partial charge in [0.2, 0.25) is 10.0 Å². The number of ether oxygens (including phenoxy) is 1. The quantitative estimate of drug-likeness (QED) is 0.571. The van der Waals surface area contributed by atoms with Crippen LogP contribution in [0, 0.1) is 0 Å². The molecule has 2 N–H and O–H groups in total. The van der Waals surface area contributed by atoms with Gasteiger partial charge in [-0.15, -0.1) is 0 Å². The molecule has 1 saturated carbocycles. The van der Waals surface area contributed by atoms with E-state index in [0.29, 0.717) is 5.69 Å². The van der Waals surface area contributed by atoms with E-state index in [2.05, 4.69) is 10.0 Å². The number of hydrogen-bond acceptors (Lipinski definition) is 5. The number of para-hydroxylation sites is 1. The van der Waals surface area contributed by atoms with Crippen molar-refractivity contribution in [3.05, 3.63) is 57.6 Å². The second kappa shape index (κ2) is 9.34. The summed E-state index contributed by atoms with van der Waals surface area (Å²) in [4.78, 5) is 24.3. The predicted molar refractivity (Wildman–Crippen MR) is 115 cm³/mol. The molecule has 0 spiro atoms. The number of anilines is 1. The van der Waals surface area contributed by atoms with Gasteiger partial charge in [-0.1, -0.05) is 48.3 Å². The maximum Gasteiger partial charge on any atom is 0.340 e. The van der Waals surface area contributed by atoms with Crippen molar-refractivity contribution in [3.63, 3.8) is 0 Å². The standard InChI is InChI=1S/C20H20Cl2N2O5S/c1-2-12-5-3-4-6-17(12)23-19(25)11-29-20(26)14-9-18(16(22)10-15(14)21)30(27,28)24-13-7-8-13/h3-6,9-10,13,24H,2,7-8,11H2,1H3,(H,23,25). The second-order valence-corrected chi connectivity index (χ2v) is 9.29. The number of amides is 1. The molecule has 1 aliphatic rings. The predicted octanol–water partition coefficient (Wildman–Crippen LogP) is 3.79. The van der Waals surface area contributed by atoms with Crippen molar-refractivity contribution < 1.29 is 22.7 Å². The fourth-order valence-corrected chi connectivity index (χ4v) is 4.88. The van der Waals surface area contributed by atoms with Gasteiger partial charge >= 0.3 is 5.97 Å². The van der Waals surface area contributed by atoms with Crippen LogP contribution in [0.2, 0.25) is 10.0 Å². The number of sulfonamides is 1. The van der Waals surface area contributed by atoms with Crippen LogP contribution >= 0.6 is 23.2 Å². The van der Waals surface area contributed by atoms with E-state index in [1.165, 1.54) is 6.07 Å². The highest BCUT2D eigenvalue weighted by Gasteiger charge is 2.30. The zero-order chi connectivity index (χ0) is 21.9. The highest BCUT2D eigenvalue weighted by Crippen LogP contribution is 2.31. The Morgan fingerprint density at radius 1 is 1.13 bits per heavy atom. The summed E-state index contributed by atoms with van der Waals surface area (Å²) in [5.74, 6) is -1.46. The molecule has 0 saturated heterocycles. The Labute approximate surface area is 184 Å². The number of benzene rings is 2. The lowest BCUT2D eigenvalue weighted by Crippen LogP contribution is -2.26. The molecule has 0 atom stereocenters. The highest BCUT2D eigenvalue weighted by atomic mass is 35.5. The van der Waals surface area contributed by atoms with Crippen LogP contribution in [0.15, 0.2) is 41.3 Å². The first-order valence-corrected chi connectivity index (χ1v) is 11.5. The van der Waals surface area contributed by atoms with Crippen LogP contribution in [0.1, 0.15) is 35.7 Å². The number of carbonyl (C=O) groups is 2. The van der Waals surface area contributed by atoms with Crippen molar-refractivity contribution in [2.45, 2.75) is 37.1 Å². The van der Waals surface area contributed by atoms with E-state index in [4.69, 9.17) is 27.9 Å². The first kappa shape index (κ1) is 22.6. The highest BCUT2D eigenvalue weighted by molar-refractivity contribution is 7.89. The lowest BCUT2D eigenvalue weighted by atomic mass is 10.1. The Balaban J connectivity index is 1.70. The van der Waals surface area contributed by atoms with Gasteiger partial charge in [-0.2, -0.15) is 0 Å². The van der Waals surface area contributed by atoms with Crippen LogP contribution in [0.25, 0.3) is 0 Å². The van der Waals surface area contributed by atoms with Gasteiger partial charge in [-0.25, -0.2) is 17.9 Å². The first-order valence-electron chi connectivity index (χ1n) is 9.27. The monoisotopic (exact) mass is 470 g/mol. The summed E-state index contributed by atoms with van der Waals surface area (Å²) in [5.41, 5.74) is 1.38. The fourth-order valence-electron chi connectivity index (χ4n) is 2.72. The number of aryl methyl sites for hydroxylation is 1. The van der Waals surface area contributed by atoms with E-state index in [1.807, 2.05) is 19.1 Å². The molecule has 0 heterocycles. The summed E-state index contributed by atoms with van der Waals surface area (Å²) in [7, 11) is -3.91. The van der Waals surface area contributed by atoms with Crippen molar-refractivity contribution in [1.82, 2.24) is 4.72 Å². The van der Waals surface area contributed by atoms with Gasteiger partial charge < -0.3 is 10.1 Å². The van der Waals surface area contributed by atoms with Crippen molar-refractivity contribution in [2.75, 3.05) is 11.9 Å². The van der Waals surface area contributed by atoms with Crippen molar-refractivity contribution >= 4 is 50.8 Å². The lowest BCUT2D eigenvalue weighted by molar-refractivity contribution is -0.119. The van der Waals surface area contributed by atoms with Gasteiger partial charge in [-0.05, 0) is 43.0 Å². The van der Waals surface area contributed by atoms with Crippen LogP contribution in [-0.4, -0.2) is 32.9 Å². The van der Waals surface area contributed by atoms with Gasteiger partial charge in [0.1, 0.15) is 4.90 Å². The molecule has 0 unspecified atom stereocenters. The van der Waals surface area contributed by atoms with Gasteiger partial charge in [0.25, 0.3) is 5.91 Å². The molecule has 1 amide bonds. The minimum absolute atomic E-state index is 0.0768.